The molecule has 0 aliphatic heterocycles. The fourth-order valence-electron chi connectivity index (χ4n) is 1.77. The third-order valence-electron chi connectivity index (χ3n) is 2.40. The van der Waals surface area contributed by atoms with Crippen LogP contribution in [0.15, 0.2) is 11.6 Å². The quantitative estimate of drug-likeness (QED) is 0.655. The Morgan fingerprint density at radius 1 is 1.75 bits per heavy atom. The molecule has 0 saturated carbocycles. The maximum atomic E-state index is 10.8. The molecule has 0 unspecified atom stereocenters. The predicted octanol–water partition coefficient (Wildman–Crippen LogP) is 2.60. The molecule has 68 valence electrons. The van der Waals surface area contributed by atoms with Crippen molar-refractivity contribution in [1.82, 2.24) is 0 Å². The van der Waals surface area contributed by atoms with Crippen molar-refractivity contribution in [2.45, 2.75) is 39.0 Å². The molecule has 0 aromatic carbocycles. The average Bonchev–Trinajstić information content (AvgIpc) is 2.51. The maximum Gasteiger partial charge on any atom is 0.310 e. The standard InChI is InChI=1S/C10H16O2/c1-2-5-9(10(11)12)8-6-3-4-7-8/h6,9H,2-5,7H2,1H3,(H,11,12)/t9-/m1/s1. The molecule has 0 aromatic rings. The van der Waals surface area contributed by atoms with Gasteiger partial charge in [-0.15, -0.1) is 0 Å². The third-order valence-corrected chi connectivity index (χ3v) is 2.40. The number of hydrogen-bond acceptors (Lipinski definition) is 1. The second-order valence-electron chi connectivity index (χ2n) is 3.35. The van der Waals surface area contributed by atoms with E-state index in [1.165, 1.54) is 0 Å². The van der Waals surface area contributed by atoms with E-state index in [-0.39, 0.29) is 5.92 Å². The molecule has 1 aliphatic carbocycles. The lowest BCUT2D eigenvalue weighted by Gasteiger charge is -2.11. The molecule has 0 heterocycles. The highest BCUT2D eigenvalue weighted by Crippen LogP contribution is 2.28. The number of aliphatic carboxylic acids is 1. The van der Waals surface area contributed by atoms with Gasteiger partial charge in [0.25, 0.3) is 0 Å². The molecule has 12 heavy (non-hydrogen) atoms. The Bertz CT molecular complexity index is 194. The zero-order valence-corrected chi connectivity index (χ0v) is 7.55. The topological polar surface area (TPSA) is 37.3 Å². The Morgan fingerprint density at radius 3 is 2.92 bits per heavy atom. The van der Waals surface area contributed by atoms with E-state index in [2.05, 4.69) is 6.08 Å². The average molecular weight is 168 g/mol. The van der Waals surface area contributed by atoms with E-state index < -0.39 is 5.97 Å². The van der Waals surface area contributed by atoms with Crippen LogP contribution in [0.4, 0.5) is 0 Å². The monoisotopic (exact) mass is 168 g/mol. The number of carboxylic acids is 1. The molecule has 2 heteroatoms. The zero-order chi connectivity index (χ0) is 8.97. The van der Waals surface area contributed by atoms with E-state index >= 15 is 0 Å². The molecule has 2 nitrogen and oxygen atoms in total. The molecule has 1 N–H and O–H groups in total. The van der Waals surface area contributed by atoms with Gasteiger partial charge < -0.3 is 5.11 Å². The first-order valence-electron chi connectivity index (χ1n) is 4.67. The molecule has 0 saturated heterocycles. The van der Waals surface area contributed by atoms with Crippen LogP contribution in [0.5, 0.6) is 0 Å². The van der Waals surface area contributed by atoms with Gasteiger partial charge >= 0.3 is 5.97 Å². The minimum absolute atomic E-state index is 0.197. The highest BCUT2D eigenvalue weighted by Gasteiger charge is 2.22. The summed E-state index contributed by atoms with van der Waals surface area (Å²) in [6, 6.07) is 0. The van der Waals surface area contributed by atoms with Gasteiger partial charge in [-0.25, -0.2) is 0 Å². The Kier molecular flexibility index (Phi) is 3.32. The van der Waals surface area contributed by atoms with Crippen molar-refractivity contribution in [3.05, 3.63) is 11.6 Å². The number of carbonyl (C=O) groups is 1. The Balaban J connectivity index is 2.58. The lowest BCUT2D eigenvalue weighted by Crippen LogP contribution is -2.15. The Hall–Kier alpha value is -0.790. The van der Waals surface area contributed by atoms with E-state index in [9.17, 15) is 4.79 Å². The minimum atomic E-state index is -0.648. The van der Waals surface area contributed by atoms with Gasteiger partial charge in [-0.3, -0.25) is 4.79 Å². The zero-order valence-electron chi connectivity index (χ0n) is 7.55. The van der Waals surface area contributed by atoms with Crippen molar-refractivity contribution < 1.29 is 9.90 Å². The second kappa shape index (κ2) is 4.29. The predicted molar refractivity (Wildman–Crippen MR) is 48.0 cm³/mol. The van der Waals surface area contributed by atoms with Crippen molar-refractivity contribution in [3.63, 3.8) is 0 Å². The van der Waals surface area contributed by atoms with Crippen LogP contribution in [0, 0.1) is 5.92 Å². The molecule has 1 atom stereocenters. The van der Waals surface area contributed by atoms with Gasteiger partial charge in [0.15, 0.2) is 0 Å². The van der Waals surface area contributed by atoms with Crippen molar-refractivity contribution in [3.8, 4) is 0 Å². The third kappa shape index (κ3) is 2.10. The van der Waals surface area contributed by atoms with Gasteiger partial charge in [-0.2, -0.15) is 0 Å². The summed E-state index contributed by atoms with van der Waals surface area (Å²) in [6.45, 7) is 2.03. The summed E-state index contributed by atoms with van der Waals surface area (Å²) < 4.78 is 0. The molecule has 0 bridgehead atoms. The summed E-state index contributed by atoms with van der Waals surface area (Å²) in [6.07, 6.45) is 7.06. The summed E-state index contributed by atoms with van der Waals surface area (Å²) in [7, 11) is 0. The second-order valence-corrected chi connectivity index (χ2v) is 3.35. The van der Waals surface area contributed by atoms with Crippen LogP contribution >= 0.6 is 0 Å². The minimum Gasteiger partial charge on any atom is -0.481 e. The lowest BCUT2D eigenvalue weighted by atomic mass is 9.94. The fourth-order valence-corrected chi connectivity index (χ4v) is 1.77. The normalized spacial score (nSPS) is 18.9. The van der Waals surface area contributed by atoms with Gasteiger partial charge in [-0.1, -0.05) is 25.0 Å². The molecule has 0 radical (unpaired) electrons. The smallest absolute Gasteiger partial charge is 0.310 e. The van der Waals surface area contributed by atoms with E-state index in [0.29, 0.717) is 0 Å². The fraction of sp³-hybridized carbons (Fsp3) is 0.700. The lowest BCUT2D eigenvalue weighted by molar-refractivity contribution is -0.140. The highest BCUT2D eigenvalue weighted by atomic mass is 16.4. The number of hydrogen-bond donors (Lipinski definition) is 1. The first-order chi connectivity index (χ1) is 5.75. The summed E-state index contributed by atoms with van der Waals surface area (Å²) in [5, 5.41) is 8.92. The van der Waals surface area contributed by atoms with Crippen LogP contribution < -0.4 is 0 Å². The first-order valence-corrected chi connectivity index (χ1v) is 4.67. The molecule has 0 fully saturated rings. The summed E-state index contributed by atoms with van der Waals surface area (Å²) >= 11 is 0. The number of allylic oxidation sites excluding steroid dienone is 1. The van der Waals surface area contributed by atoms with E-state index in [1.807, 2.05) is 6.92 Å². The van der Waals surface area contributed by atoms with Gasteiger partial charge in [0.05, 0.1) is 5.92 Å². The molecule has 1 aliphatic rings. The van der Waals surface area contributed by atoms with E-state index in [0.717, 1.165) is 37.7 Å². The van der Waals surface area contributed by atoms with Crippen LogP contribution in [-0.2, 0) is 4.79 Å². The van der Waals surface area contributed by atoms with Crippen molar-refractivity contribution >= 4 is 5.97 Å². The van der Waals surface area contributed by atoms with Crippen molar-refractivity contribution in [1.29, 1.82) is 0 Å². The molecule has 0 spiro atoms. The number of carboxylic acid groups (broad SMARTS) is 1. The van der Waals surface area contributed by atoms with Gasteiger partial charge in [0.1, 0.15) is 0 Å². The van der Waals surface area contributed by atoms with Crippen LogP contribution in [-0.4, -0.2) is 11.1 Å². The largest absolute Gasteiger partial charge is 0.481 e. The van der Waals surface area contributed by atoms with Gasteiger partial charge in [0, 0.05) is 0 Å². The maximum absolute atomic E-state index is 10.8. The van der Waals surface area contributed by atoms with Crippen LogP contribution in [0.1, 0.15) is 39.0 Å². The SMILES string of the molecule is CCC[C@@H](C(=O)O)C1=CCCC1. The van der Waals surface area contributed by atoms with Gasteiger partial charge in [-0.05, 0) is 25.7 Å². The number of rotatable bonds is 4. The molecular formula is C10H16O2. The van der Waals surface area contributed by atoms with E-state index in [4.69, 9.17) is 5.11 Å². The van der Waals surface area contributed by atoms with Gasteiger partial charge in [0.2, 0.25) is 0 Å². The van der Waals surface area contributed by atoms with Crippen molar-refractivity contribution in [2.24, 2.45) is 5.92 Å². The molecular weight excluding hydrogens is 152 g/mol. The first kappa shape index (κ1) is 9.30. The van der Waals surface area contributed by atoms with E-state index in [1.54, 1.807) is 0 Å². The Labute approximate surface area is 73.3 Å². The molecule has 1 rings (SSSR count). The van der Waals surface area contributed by atoms with Crippen molar-refractivity contribution in [2.75, 3.05) is 0 Å². The van der Waals surface area contributed by atoms with Crippen LogP contribution in [0.25, 0.3) is 0 Å². The molecule has 0 aromatic heterocycles. The summed E-state index contributed by atoms with van der Waals surface area (Å²) in [5.41, 5.74) is 1.16. The highest BCUT2D eigenvalue weighted by molar-refractivity contribution is 5.73. The summed E-state index contributed by atoms with van der Waals surface area (Å²) in [4.78, 5) is 10.8. The Morgan fingerprint density at radius 2 is 2.50 bits per heavy atom. The van der Waals surface area contributed by atoms with Crippen LogP contribution in [0.3, 0.4) is 0 Å². The summed E-state index contributed by atoms with van der Waals surface area (Å²) in [5.74, 6) is -0.845. The molecule has 0 amide bonds. The van der Waals surface area contributed by atoms with Crippen LogP contribution in [0.2, 0.25) is 0 Å².